The van der Waals surface area contributed by atoms with Gasteiger partial charge in [-0.15, -0.1) is 15.3 Å². The van der Waals surface area contributed by atoms with Crippen LogP contribution >= 0.6 is 0 Å². The highest BCUT2D eigenvalue weighted by Gasteiger charge is 2.21. The zero-order chi connectivity index (χ0) is 15.5. The maximum absolute atomic E-state index is 5.71. The third-order valence-electron chi connectivity index (χ3n) is 4.09. The number of piperidine rings is 1. The molecule has 1 fully saturated rings. The van der Waals surface area contributed by atoms with E-state index in [1.165, 1.54) is 0 Å². The van der Waals surface area contributed by atoms with Gasteiger partial charge in [0.15, 0.2) is 5.65 Å². The molecule has 4 heterocycles. The molecule has 118 valence electrons. The standard InChI is InChI=1S/C15H17N7O/c1-2-14(20-22-11-18-19-13(1)22)21-7-3-12(4-8-21)10-23-15-9-16-5-6-17-15/h1-2,5-6,9,11-12H,3-4,7-8,10H2. The van der Waals surface area contributed by atoms with Crippen molar-refractivity contribution in [2.45, 2.75) is 12.8 Å². The largest absolute Gasteiger partial charge is 0.476 e. The lowest BCUT2D eigenvalue weighted by molar-refractivity contribution is 0.215. The van der Waals surface area contributed by atoms with Crippen molar-refractivity contribution < 1.29 is 4.74 Å². The van der Waals surface area contributed by atoms with E-state index >= 15 is 0 Å². The molecular formula is C15H17N7O. The number of fused-ring (bicyclic) bond motifs is 1. The first kappa shape index (κ1) is 13.9. The first-order chi connectivity index (χ1) is 11.4. The van der Waals surface area contributed by atoms with Crippen molar-refractivity contribution in [2.75, 3.05) is 24.6 Å². The number of ether oxygens (including phenoxy) is 1. The van der Waals surface area contributed by atoms with Crippen LogP contribution in [0.2, 0.25) is 0 Å². The second-order valence-corrected chi connectivity index (χ2v) is 5.61. The van der Waals surface area contributed by atoms with Crippen LogP contribution in [0.15, 0.2) is 37.1 Å². The highest BCUT2D eigenvalue weighted by Crippen LogP contribution is 2.22. The van der Waals surface area contributed by atoms with Crippen LogP contribution in [0.1, 0.15) is 12.8 Å². The molecule has 23 heavy (non-hydrogen) atoms. The number of rotatable bonds is 4. The first-order valence-corrected chi connectivity index (χ1v) is 7.69. The van der Waals surface area contributed by atoms with Crippen LogP contribution in [0, 0.1) is 5.92 Å². The molecule has 0 N–H and O–H groups in total. The topological polar surface area (TPSA) is 81.3 Å². The van der Waals surface area contributed by atoms with E-state index in [0.717, 1.165) is 37.4 Å². The van der Waals surface area contributed by atoms with Gasteiger partial charge in [-0.05, 0) is 30.9 Å². The van der Waals surface area contributed by atoms with Gasteiger partial charge in [-0.2, -0.15) is 4.52 Å². The summed E-state index contributed by atoms with van der Waals surface area (Å²) in [6.07, 6.45) is 8.70. The fraction of sp³-hybridized carbons (Fsp3) is 0.400. The lowest BCUT2D eigenvalue weighted by Crippen LogP contribution is -2.36. The summed E-state index contributed by atoms with van der Waals surface area (Å²) in [7, 11) is 0. The van der Waals surface area contributed by atoms with Gasteiger partial charge in [0.2, 0.25) is 5.88 Å². The van der Waals surface area contributed by atoms with Crippen molar-refractivity contribution in [2.24, 2.45) is 5.92 Å². The SMILES string of the molecule is c1cnc(OCC2CCN(c3ccc4nncn4n3)CC2)cn1. The highest BCUT2D eigenvalue weighted by atomic mass is 16.5. The Hall–Kier alpha value is -2.77. The monoisotopic (exact) mass is 311 g/mol. The Balaban J connectivity index is 1.33. The molecule has 3 aromatic heterocycles. The molecule has 0 aromatic carbocycles. The van der Waals surface area contributed by atoms with Crippen LogP contribution in [0.4, 0.5) is 5.82 Å². The second-order valence-electron chi connectivity index (χ2n) is 5.61. The number of anilines is 1. The zero-order valence-corrected chi connectivity index (χ0v) is 12.6. The molecule has 0 radical (unpaired) electrons. The minimum atomic E-state index is 0.534. The Morgan fingerprint density at radius 3 is 2.91 bits per heavy atom. The maximum atomic E-state index is 5.71. The maximum Gasteiger partial charge on any atom is 0.232 e. The molecule has 0 unspecified atom stereocenters. The summed E-state index contributed by atoms with van der Waals surface area (Å²) in [6, 6.07) is 3.94. The second kappa shape index (κ2) is 6.15. The molecule has 0 aliphatic carbocycles. The predicted molar refractivity (Wildman–Crippen MR) is 83.2 cm³/mol. The Bertz CT molecular complexity index is 768. The van der Waals surface area contributed by atoms with Crippen LogP contribution in [0.5, 0.6) is 5.88 Å². The number of hydrogen-bond donors (Lipinski definition) is 0. The van der Waals surface area contributed by atoms with Gasteiger partial charge in [0.05, 0.1) is 12.8 Å². The third-order valence-corrected chi connectivity index (χ3v) is 4.09. The Kier molecular flexibility index (Phi) is 3.71. The summed E-state index contributed by atoms with van der Waals surface area (Å²) in [5.41, 5.74) is 0.765. The van der Waals surface area contributed by atoms with Crippen LogP contribution < -0.4 is 9.64 Å². The van der Waals surface area contributed by atoms with Crippen molar-refractivity contribution in [3.05, 3.63) is 37.1 Å². The van der Waals surface area contributed by atoms with Gasteiger partial charge in [0, 0.05) is 25.5 Å². The first-order valence-electron chi connectivity index (χ1n) is 7.69. The molecule has 0 spiro atoms. The zero-order valence-electron chi connectivity index (χ0n) is 12.6. The summed E-state index contributed by atoms with van der Waals surface area (Å²) in [6.45, 7) is 2.62. The minimum Gasteiger partial charge on any atom is -0.476 e. The molecule has 8 heteroatoms. The summed E-state index contributed by atoms with van der Waals surface area (Å²) in [5.74, 6) is 2.09. The molecule has 0 amide bonds. The molecule has 0 atom stereocenters. The van der Waals surface area contributed by atoms with Crippen LogP contribution in [0.25, 0.3) is 5.65 Å². The molecule has 8 nitrogen and oxygen atoms in total. The van der Waals surface area contributed by atoms with E-state index in [1.807, 2.05) is 12.1 Å². The molecule has 4 rings (SSSR count). The number of hydrogen-bond acceptors (Lipinski definition) is 7. The fourth-order valence-electron chi connectivity index (χ4n) is 2.78. The summed E-state index contributed by atoms with van der Waals surface area (Å²) < 4.78 is 7.41. The molecule has 0 saturated carbocycles. The van der Waals surface area contributed by atoms with Gasteiger partial charge in [-0.1, -0.05) is 0 Å². The van der Waals surface area contributed by atoms with Crippen LogP contribution in [-0.4, -0.2) is 49.5 Å². The molecule has 1 aliphatic rings. The Morgan fingerprint density at radius 1 is 1.17 bits per heavy atom. The Morgan fingerprint density at radius 2 is 2.09 bits per heavy atom. The summed E-state index contributed by atoms with van der Waals surface area (Å²) in [5, 5.41) is 12.4. The van der Waals surface area contributed by atoms with Crippen molar-refractivity contribution in [3.8, 4) is 5.88 Å². The van der Waals surface area contributed by atoms with E-state index in [2.05, 4.69) is 30.2 Å². The average Bonchev–Trinajstić information content (AvgIpc) is 3.09. The molecule has 0 bridgehead atoms. The van der Waals surface area contributed by atoms with Crippen molar-refractivity contribution in [3.63, 3.8) is 0 Å². The van der Waals surface area contributed by atoms with E-state index in [0.29, 0.717) is 18.4 Å². The van der Waals surface area contributed by atoms with Gasteiger partial charge in [-0.25, -0.2) is 4.98 Å². The van der Waals surface area contributed by atoms with Gasteiger partial charge in [0.25, 0.3) is 0 Å². The van der Waals surface area contributed by atoms with Gasteiger partial charge < -0.3 is 9.64 Å². The Labute approximate surface area is 133 Å². The summed E-state index contributed by atoms with van der Waals surface area (Å²) >= 11 is 0. The number of aromatic nitrogens is 6. The average molecular weight is 311 g/mol. The summed E-state index contributed by atoms with van der Waals surface area (Å²) in [4.78, 5) is 10.4. The van der Waals surface area contributed by atoms with E-state index in [4.69, 9.17) is 4.74 Å². The van der Waals surface area contributed by atoms with Gasteiger partial charge >= 0.3 is 0 Å². The molecule has 1 aliphatic heterocycles. The lowest BCUT2D eigenvalue weighted by Gasteiger charge is -2.32. The number of nitrogens with zero attached hydrogens (tertiary/aromatic N) is 7. The van der Waals surface area contributed by atoms with Crippen LogP contribution in [0.3, 0.4) is 0 Å². The highest BCUT2D eigenvalue weighted by molar-refractivity contribution is 5.45. The fourth-order valence-corrected chi connectivity index (χ4v) is 2.78. The van der Waals surface area contributed by atoms with E-state index in [1.54, 1.807) is 29.4 Å². The van der Waals surface area contributed by atoms with Gasteiger partial charge in [-0.3, -0.25) is 4.98 Å². The smallest absolute Gasteiger partial charge is 0.232 e. The molecule has 3 aromatic rings. The molecule has 1 saturated heterocycles. The van der Waals surface area contributed by atoms with Crippen LogP contribution in [-0.2, 0) is 0 Å². The van der Waals surface area contributed by atoms with Gasteiger partial charge in [0.1, 0.15) is 12.1 Å². The lowest BCUT2D eigenvalue weighted by atomic mass is 9.98. The molecular weight excluding hydrogens is 294 g/mol. The quantitative estimate of drug-likeness (QED) is 0.716. The van der Waals surface area contributed by atoms with E-state index < -0.39 is 0 Å². The third kappa shape index (κ3) is 3.05. The van der Waals surface area contributed by atoms with Crippen molar-refractivity contribution >= 4 is 11.5 Å². The van der Waals surface area contributed by atoms with E-state index in [-0.39, 0.29) is 0 Å². The van der Waals surface area contributed by atoms with Crippen molar-refractivity contribution in [1.29, 1.82) is 0 Å². The predicted octanol–water partition coefficient (Wildman–Crippen LogP) is 1.21. The van der Waals surface area contributed by atoms with Crippen molar-refractivity contribution in [1.82, 2.24) is 29.8 Å². The minimum absolute atomic E-state index is 0.534. The van der Waals surface area contributed by atoms with E-state index in [9.17, 15) is 0 Å². The normalized spacial score (nSPS) is 15.9.